The molecule has 26 heavy (non-hydrogen) atoms. The van der Waals surface area contributed by atoms with E-state index in [-0.39, 0.29) is 11.3 Å². The second-order valence-electron chi connectivity index (χ2n) is 5.77. The second-order valence-corrected chi connectivity index (χ2v) is 5.77. The highest BCUT2D eigenvalue weighted by molar-refractivity contribution is 6.02. The smallest absolute Gasteiger partial charge is 0.271 e. The lowest BCUT2D eigenvalue weighted by Gasteiger charge is -2.03. The summed E-state index contributed by atoms with van der Waals surface area (Å²) in [5, 5.41) is 15.9. The molecule has 0 saturated carbocycles. The molecular formula is C19H18N4O3. The maximum Gasteiger partial charge on any atom is 0.271 e. The van der Waals surface area contributed by atoms with Gasteiger partial charge in [0, 0.05) is 46.4 Å². The number of nitro benzene ring substituents is 1. The van der Waals surface area contributed by atoms with E-state index in [0.29, 0.717) is 0 Å². The van der Waals surface area contributed by atoms with E-state index < -0.39 is 10.8 Å². The molecule has 1 amide bonds. The molecule has 7 heteroatoms. The number of carbonyl (C=O) groups excluding carboxylic acids is 1. The monoisotopic (exact) mass is 350 g/mol. The van der Waals surface area contributed by atoms with Crippen molar-refractivity contribution < 1.29 is 9.72 Å². The van der Waals surface area contributed by atoms with E-state index in [9.17, 15) is 14.9 Å². The van der Waals surface area contributed by atoms with E-state index in [0.717, 1.165) is 28.7 Å². The first kappa shape index (κ1) is 17.3. The number of hydrogen-bond acceptors (Lipinski definition) is 4. The zero-order chi connectivity index (χ0) is 18.7. The fraction of sp³-hybridized carbons (Fsp3) is 0.158. The van der Waals surface area contributed by atoms with Crippen LogP contribution in [0.1, 0.15) is 28.5 Å². The standard InChI is InChI=1S/C19H18N4O3/c1-3-22-13(2)17(16-9-4-5-10-18(16)22)12-20-21-19(24)14-7-6-8-15(11-14)23(25)26/h4-12H,3H2,1-2H3,(H,21,24)/b20-12+. The van der Waals surface area contributed by atoms with Gasteiger partial charge in [0.05, 0.1) is 11.1 Å². The Morgan fingerprint density at radius 3 is 2.77 bits per heavy atom. The number of aryl methyl sites for hydroxylation is 1. The minimum Gasteiger partial charge on any atom is -0.344 e. The molecule has 2 aromatic carbocycles. The summed E-state index contributed by atoms with van der Waals surface area (Å²) in [6.07, 6.45) is 1.61. The highest BCUT2D eigenvalue weighted by Gasteiger charge is 2.12. The number of hydrogen-bond donors (Lipinski definition) is 1. The molecule has 0 radical (unpaired) electrons. The number of non-ortho nitro benzene ring substituents is 1. The van der Waals surface area contributed by atoms with Crippen molar-refractivity contribution in [3.8, 4) is 0 Å². The van der Waals surface area contributed by atoms with E-state index in [1.54, 1.807) is 6.21 Å². The molecule has 0 unspecified atom stereocenters. The van der Waals surface area contributed by atoms with Crippen molar-refractivity contribution in [3.05, 3.63) is 75.5 Å². The SMILES string of the molecule is CCn1c(C)c(/C=N/NC(=O)c2cccc([N+](=O)[O-])c2)c2ccccc21. The number of carbonyl (C=O) groups is 1. The second kappa shape index (κ2) is 7.18. The summed E-state index contributed by atoms with van der Waals surface area (Å²) in [4.78, 5) is 22.4. The minimum atomic E-state index is -0.539. The van der Waals surface area contributed by atoms with Crippen LogP contribution < -0.4 is 5.43 Å². The van der Waals surface area contributed by atoms with Gasteiger partial charge < -0.3 is 4.57 Å². The maximum atomic E-state index is 12.2. The van der Waals surface area contributed by atoms with Crippen LogP contribution in [-0.4, -0.2) is 21.6 Å². The number of amides is 1. The summed E-state index contributed by atoms with van der Waals surface area (Å²) in [5.74, 6) is -0.498. The molecule has 1 N–H and O–H groups in total. The van der Waals surface area contributed by atoms with Gasteiger partial charge in [-0.15, -0.1) is 0 Å². The quantitative estimate of drug-likeness (QED) is 0.433. The fourth-order valence-electron chi connectivity index (χ4n) is 3.01. The van der Waals surface area contributed by atoms with E-state index >= 15 is 0 Å². The zero-order valence-electron chi connectivity index (χ0n) is 14.5. The average molecular weight is 350 g/mol. The predicted molar refractivity (Wildman–Crippen MR) is 101 cm³/mol. The summed E-state index contributed by atoms with van der Waals surface area (Å²) < 4.78 is 2.18. The van der Waals surface area contributed by atoms with Crippen molar-refractivity contribution in [3.63, 3.8) is 0 Å². The van der Waals surface area contributed by atoms with Gasteiger partial charge in [0.15, 0.2) is 0 Å². The molecule has 132 valence electrons. The van der Waals surface area contributed by atoms with Crippen molar-refractivity contribution in [2.24, 2.45) is 5.10 Å². The third kappa shape index (κ3) is 3.19. The molecule has 0 spiro atoms. The fourth-order valence-corrected chi connectivity index (χ4v) is 3.01. The molecule has 0 aliphatic carbocycles. The van der Waals surface area contributed by atoms with Crippen molar-refractivity contribution in [2.45, 2.75) is 20.4 Å². The number of nitrogens with zero attached hydrogens (tertiary/aromatic N) is 3. The number of nitro groups is 1. The first-order valence-corrected chi connectivity index (χ1v) is 8.18. The lowest BCUT2D eigenvalue weighted by Crippen LogP contribution is -2.17. The molecule has 1 aromatic heterocycles. The molecule has 3 aromatic rings. The Morgan fingerprint density at radius 2 is 2.04 bits per heavy atom. The van der Waals surface area contributed by atoms with Crippen LogP contribution in [0, 0.1) is 17.0 Å². The molecule has 3 rings (SSSR count). The number of benzene rings is 2. The van der Waals surface area contributed by atoms with Gasteiger partial charge >= 0.3 is 0 Å². The lowest BCUT2D eigenvalue weighted by atomic mass is 10.1. The van der Waals surface area contributed by atoms with Crippen LogP contribution >= 0.6 is 0 Å². The van der Waals surface area contributed by atoms with Crippen LogP contribution in [0.5, 0.6) is 0 Å². The van der Waals surface area contributed by atoms with E-state index in [4.69, 9.17) is 0 Å². The number of aromatic nitrogens is 1. The van der Waals surface area contributed by atoms with Crippen LogP contribution in [0.3, 0.4) is 0 Å². The number of fused-ring (bicyclic) bond motifs is 1. The Morgan fingerprint density at radius 1 is 1.27 bits per heavy atom. The summed E-state index contributed by atoms with van der Waals surface area (Å²) >= 11 is 0. The van der Waals surface area contributed by atoms with Gasteiger partial charge in [0.25, 0.3) is 11.6 Å². The summed E-state index contributed by atoms with van der Waals surface area (Å²) in [6.45, 7) is 4.91. The van der Waals surface area contributed by atoms with Crippen molar-refractivity contribution in [2.75, 3.05) is 0 Å². The third-order valence-corrected chi connectivity index (χ3v) is 4.27. The molecule has 0 fully saturated rings. The van der Waals surface area contributed by atoms with Gasteiger partial charge in [-0.3, -0.25) is 14.9 Å². The van der Waals surface area contributed by atoms with Crippen LogP contribution in [0.4, 0.5) is 5.69 Å². The Balaban J connectivity index is 1.84. The maximum absolute atomic E-state index is 12.2. The van der Waals surface area contributed by atoms with E-state index in [1.807, 2.05) is 31.2 Å². The lowest BCUT2D eigenvalue weighted by molar-refractivity contribution is -0.384. The van der Waals surface area contributed by atoms with Gasteiger partial charge in [-0.2, -0.15) is 5.10 Å². The van der Waals surface area contributed by atoms with Crippen molar-refractivity contribution in [1.29, 1.82) is 0 Å². The Labute approximate surface area is 150 Å². The largest absolute Gasteiger partial charge is 0.344 e. The molecular weight excluding hydrogens is 332 g/mol. The van der Waals surface area contributed by atoms with Gasteiger partial charge in [-0.05, 0) is 26.0 Å². The minimum absolute atomic E-state index is 0.136. The highest BCUT2D eigenvalue weighted by Crippen LogP contribution is 2.24. The molecule has 1 heterocycles. The van der Waals surface area contributed by atoms with Crippen LogP contribution in [-0.2, 0) is 6.54 Å². The number of nitrogens with one attached hydrogen (secondary N) is 1. The molecule has 7 nitrogen and oxygen atoms in total. The Bertz CT molecular complexity index is 1020. The van der Waals surface area contributed by atoms with Gasteiger partial charge in [-0.1, -0.05) is 24.3 Å². The first-order chi connectivity index (χ1) is 12.5. The number of hydrazone groups is 1. The Kier molecular flexibility index (Phi) is 4.79. The Hall–Kier alpha value is -3.48. The van der Waals surface area contributed by atoms with Gasteiger partial charge in [0.2, 0.25) is 0 Å². The molecule has 0 atom stereocenters. The highest BCUT2D eigenvalue weighted by atomic mass is 16.6. The van der Waals surface area contributed by atoms with E-state index in [2.05, 4.69) is 22.0 Å². The van der Waals surface area contributed by atoms with Crippen molar-refractivity contribution >= 4 is 28.7 Å². The van der Waals surface area contributed by atoms with Crippen LogP contribution in [0.25, 0.3) is 10.9 Å². The summed E-state index contributed by atoms with van der Waals surface area (Å²) in [7, 11) is 0. The van der Waals surface area contributed by atoms with Gasteiger partial charge in [-0.25, -0.2) is 5.43 Å². The molecule has 0 aliphatic rings. The van der Waals surface area contributed by atoms with Gasteiger partial charge in [0.1, 0.15) is 0 Å². The predicted octanol–water partition coefficient (Wildman–Crippen LogP) is 3.64. The normalized spacial score (nSPS) is 11.2. The third-order valence-electron chi connectivity index (χ3n) is 4.27. The van der Waals surface area contributed by atoms with Crippen LogP contribution in [0.15, 0.2) is 53.6 Å². The molecule has 0 aliphatic heterocycles. The molecule has 0 saturated heterocycles. The molecule has 0 bridgehead atoms. The first-order valence-electron chi connectivity index (χ1n) is 8.18. The number of rotatable bonds is 5. The number of para-hydroxylation sites is 1. The zero-order valence-corrected chi connectivity index (χ0v) is 14.5. The average Bonchev–Trinajstić information content (AvgIpc) is 2.93. The van der Waals surface area contributed by atoms with Crippen LogP contribution in [0.2, 0.25) is 0 Å². The van der Waals surface area contributed by atoms with E-state index in [1.165, 1.54) is 24.3 Å². The summed E-state index contributed by atoms with van der Waals surface area (Å²) in [6, 6.07) is 13.5. The van der Waals surface area contributed by atoms with Crippen molar-refractivity contribution in [1.82, 2.24) is 9.99 Å². The summed E-state index contributed by atoms with van der Waals surface area (Å²) in [5.41, 5.74) is 5.58. The topological polar surface area (TPSA) is 89.5 Å².